The number of rotatable bonds is 5. The molecule has 0 aromatic heterocycles. The van der Waals surface area contributed by atoms with Crippen LogP contribution in [-0.2, 0) is 0 Å². The van der Waals surface area contributed by atoms with Gasteiger partial charge in [-0.3, -0.25) is 0 Å². The summed E-state index contributed by atoms with van der Waals surface area (Å²) in [7, 11) is 0. The van der Waals surface area contributed by atoms with Crippen LogP contribution >= 0.6 is 0 Å². The summed E-state index contributed by atoms with van der Waals surface area (Å²) in [6.07, 6.45) is 24.3. The van der Waals surface area contributed by atoms with Crippen molar-refractivity contribution in [3.05, 3.63) is 52.4 Å². The molecule has 5 aliphatic rings. The molecule has 0 N–H and O–H groups in total. The second-order valence-electron chi connectivity index (χ2n) is 13.4. The van der Waals surface area contributed by atoms with Crippen LogP contribution in [0.5, 0.6) is 0 Å². The minimum absolute atomic E-state index is 0.161. The van der Waals surface area contributed by atoms with Crippen molar-refractivity contribution >= 4 is 0 Å². The Bertz CT molecular complexity index is 1050. The van der Waals surface area contributed by atoms with E-state index in [1.54, 1.807) is 0 Å². The van der Waals surface area contributed by atoms with Gasteiger partial charge in [-0.05, 0) is 110 Å². The van der Waals surface area contributed by atoms with Crippen LogP contribution in [0.3, 0.4) is 0 Å². The minimum atomic E-state index is -0.161. The molecule has 36 heavy (non-hydrogen) atoms. The summed E-state index contributed by atoms with van der Waals surface area (Å²) < 4.78 is 0. The van der Waals surface area contributed by atoms with Gasteiger partial charge in [0.25, 0.3) is 12.1 Å². The van der Waals surface area contributed by atoms with Crippen molar-refractivity contribution in [2.45, 2.75) is 103 Å². The average molecular weight is 484 g/mol. The van der Waals surface area contributed by atoms with Gasteiger partial charge in [0.2, 0.25) is 0 Å². The zero-order chi connectivity index (χ0) is 25.5. The summed E-state index contributed by atoms with van der Waals surface area (Å²) in [6.45, 7) is 17.8. The minimum Gasteiger partial charge on any atom is -0.192 e. The van der Waals surface area contributed by atoms with E-state index in [4.69, 9.17) is 11.4 Å². The molecular weight excluding hydrogens is 436 g/mol. The van der Waals surface area contributed by atoms with E-state index in [2.05, 4.69) is 45.6 Å². The number of fused-ring (bicyclic) bond motifs is 5. The summed E-state index contributed by atoms with van der Waals surface area (Å²) >= 11 is 0. The first-order valence-corrected chi connectivity index (χ1v) is 15.0. The molecule has 4 saturated carbocycles. The van der Waals surface area contributed by atoms with Gasteiger partial charge >= 0.3 is 0 Å². The van der Waals surface area contributed by atoms with Gasteiger partial charge in [-0.2, -0.15) is 5.26 Å². The third-order valence-corrected chi connectivity index (χ3v) is 11.9. The third-order valence-electron chi connectivity index (χ3n) is 11.9. The lowest BCUT2D eigenvalue weighted by Crippen LogP contribution is -2.54. The maximum atomic E-state index is 9.36. The van der Waals surface area contributed by atoms with Crippen LogP contribution < -0.4 is 0 Å². The van der Waals surface area contributed by atoms with Crippen molar-refractivity contribution in [2.24, 2.45) is 46.8 Å². The Balaban J connectivity index is 1.34. The fourth-order valence-electron chi connectivity index (χ4n) is 10.3. The third kappa shape index (κ3) is 4.14. The van der Waals surface area contributed by atoms with E-state index in [9.17, 15) is 5.26 Å². The van der Waals surface area contributed by atoms with E-state index in [-0.39, 0.29) is 11.0 Å². The summed E-state index contributed by atoms with van der Waals surface area (Å²) in [5, 5.41) is 9.36. The predicted octanol–water partition coefficient (Wildman–Crippen LogP) is 9.29. The first-order valence-electron chi connectivity index (χ1n) is 15.0. The van der Waals surface area contributed by atoms with Gasteiger partial charge in [-0.1, -0.05) is 63.6 Å². The molecule has 0 amide bonds. The largest absolute Gasteiger partial charge is 0.289 e. The van der Waals surface area contributed by atoms with Gasteiger partial charge in [0.05, 0.1) is 17.1 Å². The van der Waals surface area contributed by atoms with Crippen LogP contribution in [0.25, 0.3) is 4.85 Å². The van der Waals surface area contributed by atoms with E-state index in [0.717, 1.165) is 53.9 Å². The molecule has 2 nitrogen and oxygen atoms in total. The summed E-state index contributed by atoms with van der Waals surface area (Å²) in [5.74, 6) is 5.93. The first-order chi connectivity index (χ1) is 17.3. The number of nitrogens with zero attached hydrogens (tertiary/aromatic N) is 2. The molecule has 0 aliphatic heterocycles. The predicted molar refractivity (Wildman–Crippen MR) is 150 cm³/mol. The maximum absolute atomic E-state index is 9.36. The van der Waals surface area contributed by atoms with Gasteiger partial charge in [-0.15, -0.1) is 0 Å². The van der Waals surface area contributed by atoms with Crippen LogP contribution in [0.4, 0.5) is 0 Å². The summed E-state index contributed by atoms with van der Waals surface area (Å²) in [4.78, 5) is 4.82. The lowest BCUT2D eigenvalue weighted by atomic mass is 9.47. The number of allylic oxidation sites excluding steroid dienone is 7. The molecule has 0 aromatic rings. The van der Waals surface area contributed by atoms with E-state index >= 15 is 0 Å². The Morgan fingerprint density at radius 1 is 1.08 bits per heavy atom. The fraction of sp³-hybridized carbons (Fsp3) is 0.706. The monoisotopic (exact) mass is 483 g/mol. The second-order valence-corrected chi connectivity index (χ2v) is 13.4. The van der Waals surface area contributed by atoms with E-state index in [1.165, 1.54) is 69.8 Å². The number of hydrogen-bond donors (Lipinski definition) is 0. The lowest BCUT2D eigenvalue weighted by Gasteiger charge is -2.56. The van der Waals surface area contributed by atoms with Gasteiger partial charge in [0.1, 0.15) is 0 Å². The zero-order valence-corrected chi connectivity index (χ0v) is 23.0. The molecule has 0 radical (unpaired) electrons. The molecule has 5 aliphatic carbocycles. The molecule has 9 atom stereocenters. The molecule has 0 heterocycles. The molecular formula is C34H47N2+. The molecule has 0 saturated heterocycles. The molecule has 4 fully saturated rings. The van der Waals surface area contributed by atoms with Crippen molar-refractivity contribution in [1.29, 1.82) is 5.26 Å². The number of hydrogen-bond acceptors (Lipinski definition) is 1. The lowest BCUT2D eigenvalue weighted by molar-refractivity contribution is -0.0740. The molecule has 0 spiro atoms. The Kier molecular flexibility index (Phi) is 7.11. The highest BCUT2D eigenvalue weighted by atomic mass is 14.9. The topological polar surface area (TPSA) is 28.1 Å². The SMILES string of the molecule is C#[N+][C@]1([C@@H](C)CC2=CC(=C)C=C(C#N)C=C2)CC[C@H]2[C@@H]3CC[C@@H]4C[C@@H](CCC)CC[C@@H]4[C@H]3CC[C@@]21C. The normalized spacial score (nSPS) is 42.5. The van der Waals surface area contributed by atoms with Gasteiger partial charge in [-0.25, -0.2) is 0 Å². The summed E-state index contributed by atoms with van der Waals surface area (Å²) in [6, 6.07) is 2.26. The van der Waals surface area contributed by atoms with Crippen molar-refractivity contribution in [3.8, 4) is 12.6 Å². The van der Waals surface area contributed by atoms with Gasteiger partial charge < -0.3 is 0 Å². The highest BCUT2D eigenvalue weighted by molar-refractivity contribution is 5.49. The quantitative estimate of drug-likeness (QED) is 0.383. The Hall–Kier alpha value is -2.06. The fourth-order valence-corrected chi connectivity index (χ4v) is 10.3. The van der Waals surface area contributed by atoms with Crippen LogP contribution in [0.1, 0.15) is 97.8 Å². The maximum Gasteiger partial charge on any atom is 0.289 e. The van der Waals surface area contributed by atoms with Crippen LogP contribution in [-0.4, -0.2) is 5.54 Å². The van der Waals surface area contributed by atoms with Crippen LogP contribution in [0.15, 0.2) is 47.6 Å². The van der Waals surface area contributed by atoms with E-state index in [0.29, 0.717) is 11.5 Å². The van der Waals surface area contributed by atoms with E-state index in [1.807, 2.05) is 12.2 Å². The standard InChI is InChI=1S/C34H47N2/c1-6-7-25-10-12-29-28(21-25)11-13-31-30(29)14-16-33(4)32(31)15-17-34(33,36-5)24(3)20-26-8-9-27(22-35)19-23(2)18-26/h5,8-9,18-19,24-25,28-32H,2,6-7,10-17,20-21H2,1,3-4H3/q+1/t24-,25-,28+,29-,30+,31+,32-,33-,34-/m0/s1. The Labute approximate surface area is 220 Å². The smallest absolute Gasteiger partial charge is 0.192 e. The van der Waals surface area contributed by atoms with Crippen molar-refractivity contribution < 1.29 is 0 Å². The second kappa shape index (κ2) is 10.0. The average Bonchev–Trinajstić information content (AvgIpc) is 3.07. The Morgan fingerprint density at radius 2 is 1.89 bits per heavy atom. The van der Waals surface area contributed by atoms with Gasteiger partial charge in [0, 0.05) is 12.3 Å². The zero-order valence-electron chi connectivity index (χ0n) is 23.0. The molecule has 0 bridgehead atoms. The Morgan fingerprint density at radius 3 is 2.64 bits per heavy atom. The van der Waals surface area contributed by atoms with Crippen LogP contribution in [0.2, 0.25) is 0 Å². The van der Waals surface area contributed by atoms with Gasteiger partial charge in [0.15, 0.2) is 0 Å². The van der Waals surface area contributed by atoms with Crippen LogP contribution in [0, 0.1) is 64.7 Å². The number of nitriles is 1. The van der Waals surface area contributed by atoms with Crippen molar-refractivity contribution in [1.82, 2.24) is 0 Å². The molecule has 2 heteroatoms. The molecule has 0 unspecified atom stereocenters. The van der Waals surface area contributed by atoms with E-state index < -0.39 is 0 Å². The molecule has 0 aromatic carbocycles. The molecule has 192 valence electrons. The first kappa shape index (κ1) is 25.6. The highest BCUT2D eigenvalue weighted by Crippen LogP contribution is 2.68. The van der Waals surface area contributed by atoms with Crippen molar-refractivity contribution in [3.63, 3.8) is 0 Å². The summed E-state index contributed by atoms with van der Waals surface area (Å²) in [5.41, 5.74) is 2.84. The highest BCUT2D eigenvalue weighted by Gasteiger charge is 2.71. The molecule has 5 rings (SSSR count). The van der Waals surface area contributed by atoms with Crippen molar-refractivity contribution in [2.75, 3.05) is 0 Å².